The van der Waals surface area contributed by atoms with E-state index < -0.39 is 17.2 Å². The highest BCUT2D eigenvalue weighted by Gasteiger charge is 2.20. The number of halogens is 2. The number of rotatable bonds is 3. The van der Waals surface area contributed by atoms with Gasteiger partial charge in [0.05, 0.1) is 7.11 Å². The zero-order valence-electron chi connectivity index (χ0n) is 9.10. The molecule has 0 unspecified atom stereocenters. The van der Waals surface area contributed by atoms with Gasteiger partial charge in [-0.1, -0.05) is 0 Å². The van der Waals surface area contributed by atoms with E-state index in [-0.39, 0.29) is 17.7 Å². The van der Waals surface area contributed by atoms with Crippen molar-refractivity contribution in [3.05, 3.63) is 29.3 Å². The molecule has 0 bridgehead atoms. The molecular formula is C11H15F2NO. The number of nitrogens with two attached hydrogens (primary N) is 1. The summed E-state index contributed by atoms with van der Waals surface area (Å²) in [5.74, 6) is -1.13. The number of hydrogen-bond acceptors (Lipinski definition) is 2. The van der Waals surface area contributed by atoms with Gasteiger partial charge in [0, 0.05) is 11.1 Å². The summed E-state index contributed by atoms with van der Waals surface area (Å²) >= 11 is 0. The van der Waals surface area contributed by atoms with E-state index in [1.54, 1.807) is 13.8 Å². The maximum absolute atomic E-state index is 13.4. The molecule has 0 heterocycles. The van der Waals surface area contributed by atoms with Crippen LogP contribution < -0.4 is 10.5 Å². The second kappa shape index (κ2) is 4.14. The standard InChI is InChI=1S/C11H15F2NO/c1-11(2,14)6-7-8(12)4-5-9(13)10(7)15-3/h4-5H,6,14H2,1-3H3. The molecular weight excluding hydrogens is 200 g/mol. The molecule has 15 heavy (non-hydrogen) atoms. The van der Waals surface area contributed by atoms with E-state index in [4.69, 9.17) is 10.5 Å². The SMILES string of the molecule is COc1c(F)ccc(F)c1CC(C)(C)N. The lowest BCUT2D eigenvalue weighted by Crippen LogP contribution is -2.35. The second-order valence-corrected chi connectivity index (χ2v) is 4.21. The molecule has 0 atom stereocenters. The van der Waals surface area contributed by atoms with Gasteiger partial charge in [0.15, 0.2) is 11.6 Å². The Morgan fingerprint density at radius 3 is 2.27 bits per heavy atom. The Kier molecular flexibility index (Phi) is 3.29. The van der Waals surface area contributed by atoms with Crippen molar-refractivity contribution in [1.82, 2.24) is 0 Å². The van der Waals surface area contributed by atoms with Crippen molar-refractivity contribution in [3.63, 3.8) is 0 Å². The Morgan fingerprint density at radius 2 is 1.80 bits per heavy atom. The molecule has 0 aliphatic rings. The summed E-state index contributed by atoms with van der Waals surface area (Å²) in [7, 11) is 1.31. The predicted octanol–water partition coefficient (Wildman–Crippen LogP) is 2.25. The molecule has 1 aromatic carbocycles. The van der Waals surface area contributed by atoms with Crippen molar-refractivity contribution in [3.8, 4) is 5.75 Å². The van der Waals surface area contributed by atoms with Crippen LogP contribution in [0.1, 0.15) is 19.4 Å². The molecule has 0 fully saturated rings. The van der Waals surface area contributed by atoms with E-state index in [0.29, 0.717) is 0 Å². The van der Waals surface area contributed by atoms with Crippen molar-refractivity contribution < 1.29 is 13.5 Å². The highest BCUT2D eigenvalue weighted by Crippen LogP contribution is 2.27. The third kappa shape index (κ3) is 2.89. The van der Waals surface area contributed by atoms with Crippen LogP contribution in [0.2, 0.25) is 0 Å². The molecule has 0 amide bonds. The molecule has 0 saturated heterocycles. The van der Waals surface area contributed by atoms with E-state index in [0.717, 1.165) is 12.1 Å². The van der Waals surface area contributed by atoms with Gasteiger partial charge in [-0.2, -0.15) is 0 Å². The fourth-order valence-corrected chi connectivity index (χ4v) is 1.42. The van der Waals surface area contributed by atoms with Crippen molar-refractivity contribution in [1.29, 1.82) is 0 Å². The summed E-state index contributed by atoms with van der Waals surface area (Å²) in [5.41, 5.74) is 5.34. The predicted molar refractivity (Wildman–Crippen MR) is 54.9 cm³/mol. The Bertz CT molecular complexity index is 358. The minimum absolute atomic E-state index is 0.0616. The van der Waals surface area contributed by atoms with Crippen molar-refractivity contribution >= 4 is 0 Å². The summed E-state index contributed by atoms with van der Waals surface area (Å²) in [5, 5.41) is 0. The first-order chi connectivity index (χ1) is 6.85. The van der Waals surface area contributed by atoms with Crippen molar-refractivity contribution in [2.24, 2.45) is 5.73 Å². The van der Waals surface area contributed by atoms with Crippen LogP contribution in [-0.4, -0.2) is 12.6 Å². The Labute approximate surface area is 88.0 Å². The largest absolute Gasteiger partial charge is 0.493 e. The monoisotopic (exact) mass is 215 g/mol. The van der Waals surface area contributed by atoms with Gasteiger partial charge < -0.3 is 10.5 Å². The number of ether oxygens (including phenoxy) is 1. The van der Waals surface area contributed by atoms with Gasteiger partial charge >= 0.3 is 0 Å². The first-order valence-electron chi connectivity index (χ1n) is 4.65. The lowest BCUT2D eigenvalue weighted by Gasteiger charge is -2.20. The van der Waals surface area contributed by atoms with Crippen LogP contribution in [0.15, 0.2) is 12.1 Å². The highest BCUT2D eigenvalue weighted by molar-refractivity contribution is 5.37. The second-order valence-electron chi connectivity index (χ2n) is 4.21. The van der Waals surface area contributed by atoms with E-state index >= 15 is 0 Å². The first-order valence-corrected chi connectivity index (χ1v) is 4.65. The molecule has 1 rings (SSSR count). The normalized spacial score (nSPS) is 11.6. The van der Waals surface area contributed by atoms with Gasteiger partial charge in [-0.15, -0.1) is 0 Å². The summed E-state index contributed by atoms with van der Waals surface area (Å²) < 4.78 is 31.6. The molecule has 0 spiro atoms. The minimum atomic E-state index is -0.609. The zero-order chi connectivity index (χ0) is 11.6. The van der Waals surface area contributed by atoms with E-state index in [1.807, 2.05) is 0 Å². The molecule has 4 heteroatoms. The number of benzene rings is 1. The molecule has 1 aromatic rings. The minimum Gasteiger partial charge on any atom is -0.493 e. The molecule has 84 valence electrons. The topological polar surface area (TPSA) is 35.2 Å². The zero-order valence-corrected chi connectivity index (χ0v) is 9.10. The highest BCUT2D eigenvalue weighted by atomic mass is 19.1. The van der Waals surface area contributed by atoms with E-state index in [1.165, 1.54) is 7.11 Å². The molecule has 0 aromatic heterocycles. The van der Waals surface area contributed by atoms with E-state index in [9.17, 15) is 8.78 Å². The lowest BCUT2D eigenvalue weighted by atomic mass is 9.95. The summed E-state index contributed by atoms with van der Waals surface area (Å²) in [4.78, 5) is 0. The average Bonchev–Trinajstić information content (AvgIpc) is 2.10. The maximum atomic E-state index is 13.4. The van der Waals surface area contributed by atoms with Gasteiger partial charge in [-0.25, -0.2) is 8.78 Å². The fourth-order valence-electron chi connectivity index (χ4n) is 1.42. The molecule has 0 aliphatic heterocycles. The first kappa shape index (κ1) is 11.9. The fraction of sp³-hybridized carbons (Fsp3) is 0.455. The van der Waals surface area contributed by atoms with Crippen LogP contribution in [0.25, 0.3) is 0 Å². The van der Waals surface area contributed by atoms with Crippen LogP contribution >= 0.6 is 0 Å². The third-order valence-corrected chi connectivity index (χ3v) is 1.99. The summed E-state index contributed by atoms with van der Waals surface area (Å²) in [6.45, 7) is 3.49. The molecule has 0 aliphatic carbocycles. The van der Waals surface area contributed by atoms with Gasteiger partial charge in [0.25, 0.3) is 0 Å². The van der Waals surface area contributed by atoms with Crippen LogP contribution in [0.3, 0.4) is 0 Å². The van der Waals surface area contributed by atoms with Crippen LogP contribution in [0.4, 0.5) is 8.78 Å². The Hall–Kier alpha value is -1.16. The lowest BCUT2D eigenvalue weighted by molar-refractivity contribution is 0.369. The van der Waals surface area contributed by atoms with E-state index in [2.05, 4.69) is 0 Å². The van der Waals surface area contributed by atoms with Gasteiger partial charge in [-0.3, -0.25) is 0 Å². The molecule has 2 nitrogen and oxygen atoms in total. The van der Waals surface area contributed by atoms with Crippen LogP contribution in [0, 0.1) is 11.6 Å². The Morgan fingerprint density at radius 1 is 1.27 bits per heavy atom. The quantitative estimate of drug-likeness (QED) is 0.839. The number of hydrogen-bond donors (Lipinski definition) is 1. The van der Waals surface area contributed by atoms with Crippen LogP contribution in [0.5, 0.6) is 5.75 Å². The van der Waals surface area contributed by atoms with Gasteiger partial charge in [0.1, 0.15) is 5.82 Å². The average molecular weight is 215 g/mol. The molecule has 0 radical (unpaired) electrons. The van der Waals surface area contributed by atoms with Crippen LogP contribution in [-0.2, 0) is 6.42 Å². The molecule has 2 N–H and O–H groups in total. The number of methoxy groups -OCH3 is 1. The van der Waals surface area contributed by atoms with Crippen molar-refractivity contribution in [2.75, 3.05) is 7.11 Å². The molecule has 0 saturated carbocycles. The Balaban J connectivity index is 3.20. The van der Waals surface area contributed by atoms with Gasteiger partial charge in [-0.05, 0) is 32.4 Å². The van der Waals surface area contributed by atoms with Crippen molar-refractivity contribution in [2.45, 2.75) is 25.8 Å². The summed E-state index contributed by atoms with van der Waals surface area (Å²) in [6.07, 6.45) is 0.222. The van der Waals surface area contributed by atoms with Gasteiger partial charge in [0.2, 0.25) is 0 Å². The maximum Gasteiger partial charge on any atom is 0.165 e. The third-order valence-electron chi connectivity index (χ3n) is 1.99. The summed E-state index contributed by atoms with van der Waals surface area (Å²) in [6, 6.07) is 2.13. The smallest absolute Gasteiger partial charge is 0.165 e.